The summed E-state index contributed by atoms with van der Waals surface area (Å²) < 4.78 is 15.0. The Morgan fingerprint density at radius 2 is 2.06 bits per heavy atom. The third-order valence-corrected chi connectivity index (χ3v) is 6.27. The van der Waals surface area contributed by atoms with Crippen molar-refractivity contribution in [2.24, 2.45) is 7.05 Å². The van der Waals surface area contributed by atoms with Gasteiger partial charge in [0.05, 0.1) is 5.39 Å². The molecule has 168 valence electrons. The van der Waals surface area contributed by atoms with Gasteiger partial charge in [-0.1, -0.05) is 12.1 Å². The summed E-state index contributed by atoms with van der Waals surface area (Å²) in [6.45, 7) is 3.01. The van der Waals surface area contributed by atoms with Gasteiger partial charge in [0.15, 0.2) is 0 Å². The molecule has 1 unspecified atom stereocenters. The van der Waals surface area contributed by atoms with Crippen LogP contribution in [0.4, 0.5) is 4.39 Å². The maximum atomic E-state index is 13.7. The first-order valence-corrected chi connectivity index (χ1v) is 11.0. The van der Waals surface area contributed by atoms with E-state index >= 15 is 0 Å². The average molecular weight is 439 g/mol. The number of aryl methyl sites for hydroxylation is 3. The number of hydrogen-bond acceptors (Lipinski definition) is 4. The highest BCUT2D eigenvalue weighted by Gasteiger charge is 2.26. The molecule has 0 radical (unpaired) electrons. The van der Waals surface area contributed by atoms with E-state index in [1.807, 2.05) is 17.0 Å². The lowest BCUT2D eigenvalue weighted by Crippen LogP contribution is -2.39. The third-order valence-electron chi connectivity index (χ3n) is 6.27. The number of amides is 1. The van der Waals surface area contributed by atoms with E-state index in [9.17, 15) is 18.8 Å². The largest absolute Gasteiger partial charge is 0.342 e. The van der Waals surface area contributed by atoms with Gasteiger partial charge < -0.3 is 4.90 Å². The zero-order chi connectivity index (χ0) is 22.8. The number of benzene rings is 1. The molecule has 0 aliphatic carbocycles. The van der Waals surface area contributed by atoms with Crippen molar-refractivity contribution in [3.8, 4) is 0 Å². The van der Waals surface area contributed by atoms with Gasteiger partial charge in [0, 0.05) is 38.2 Å². The number of aromatic amines is 1. The highest BCUT2D eigenvalue weighted by atomic mass is 19.1. The Balaban J connectivity index is 1.42. The number of nitrogens with zero attached hydrogens (tertiary/aromatic N) is 3. The minimum absolute atomic E-state index is 0.0534. The zero-order valence-electron chi connectivity index (χ0n) is 18.4. The smallest absolute Gasteiger partial charge is 0.329 e. The van der Waals surface area contributed by atoms with Crippen LogP contribution in [-0.2, 0) is 18.3 Å². The Morgan fingerprint density at radius 3 is 2.84 bits per heavy atom. The lowest BCUT2D eigenvalue weighted by atomic mass is 9.93. The van der Waals surface area contributed by atoms with Gasteiger partial charge in [0.1, 0.15) is 11.5 Å². The number of hydrogen-bond donors (Lipinski definition) is 1. The predicted molar refractivity (Wildman–Crippen MR) is 120 cm³/mol. The molecule has 8 heteroatoms. The molecule has 32 heavy (non-hydrogen) atoms. The molecule has 7 nitrogen and oxygen atoms in total. The number of pyridine rings is 1. The fourth-order valence-corrected chi connectivity index (χ4v) is 4.31. The normalized spacial score (nSPS) is 16.5. The fourth-order valence-electron chi connectivity index (χ4n) is 4.31. The van der Waals surface area contributed by atoms with Crippen LogP contribution < -0.4 is 11.2 Å². The first-order chi connectivity index (χ1) is 15.3. The van der Waals surface area contributed by atoms with Crippen LogP contribution in [0.25, 0.3) is 11.0 Å². The number of H-pyrrole nitrogens is 1. The second kappa shape index (κ2) is 9.06. The molecule has 3 aromatic rings. The number of aromatic nitrogens is 3. The molecule has 1 atom stereocenters. The van der Waals surface area contributed by atoms with E-state index in [4.69, 9.17) is 0 Å². The standard InChI is InChI=1S/C24H27FN4O3/c1-15-8-9-16(13-19(15)25)5-3-7-21(30)29-12-4-6-17(14-29)20-11-10-18-22(26-20)28(2)24(32)27-23(18)31/h8-11,13,17H,3-7,12,14H2,1-2H3,(H,27,31,32). The van der Waals surface area contributed by atoms with E-state index in [-0.39, 0.29) is 17.6 Å². The molecule has 4 rings (SSSR count). The molecule has 0 saturated carbocycles. The summed E-state index contributed by atoms with van der Waals surface area (Å²) >= 11 is 0. The van der Waals surface area contributed by atoms with E-state index in [1.54, 1.807) is 32.2 Å². The van der Waals surface area contributed by atoms with Crippen LogP contribution in [0.15, 0.2) is 39.9 Å². The van der Waals surface area contributed by atoms with Gasteiger partial charge in [-0.3, -0.25) is 19.1 Å². The maximum Gasteiger partial charge on any atom is 0.329 e. The second-order valence-electron chi connectivity index (χ2n) is 8.54. The molecule has 1 N–H and O–H groups in total. The Hall–Kier alpha value is -3.29. The highest BCUT2D eigenvalue weighted by molar-refractivity contribution is 5.76. The van der Waals surface area contributed by atoms with Crippen molar-refractivity contribution >= 4 is 16.9 Å². The first kappa shape index (κ1) is 21.9. The topological polar surface area (TPSA) is 88.1 Å². The molecule has 0 bridgehead atoms. The molecule has 1 aromatic carbocycles. The number of fused-ring (bicyclic) bond motifs is 1. The van der Waals surface area contributed by atoms with Crippen molar-refractivity contribution in [3.05, 3.63) is 73.8 Å². The minimum Gasteiger partial charge on any atom is -0.342 e. The molecule has 2 aromatic heterocycles. The Morgan fingerprint density at radius 1 is 1.25 bits per heavy atom. The lowest BCUT2D eigenvalue weighted by molar-refractivity contribution is -0.132. The van der Waals surface area contributed by atoms with Crippen molar-refractivity contribution < 1.29 is 9.18 Å². The number of rotatable bonds is 5. The Labute approximate surface area is 184 Å². The predicted octanol–water partition coefficient (Wildman–Crippen LogP) is 2.80. The summed E-state index contributed by atoms with van der Waals surface area (Å²) in [6, 6.07) is 8.72. The van der Waals surface area contributed by atoms with E-state index in [0.717, 1.165) is 24.1 Å². The van der Waals surface area contributed by atoms with Crippen LogP contribution >= 0.6 is 0 Å². The molecule has 1 amide bonds. The van der Waals surface area contributed by atoms with E-state index in [2.05, 4.69) is 9.97 Å². The number of likely N-dealkylation sites (tertiary alicyclic amines) is 1. The van der Waals surface area contributed by atoms with Gasteiger partial charge in [-0.05, 0) is 61.9 Å². The van der Waals surface area contributed by atoms with Crippen molar-refractivity contribution in [1.82, 2.24) is 19.4 Å². The van der Waals surface area contributed by atoms with Gasteiger partial charge in [-0.15, -0.1) is 0 Å². The SMILES string of the molecule is Cc1ccc(CCCC(=O)N2CCCC(c3ccc4c(=O)[nH]c(=O)n(C)c4n3)C2)cc1F. The summed E-state index contributed by atoms with van der Waals surface area (Å²) in [4.78, 5) is 45.5. The minimum atomic E-state index is -0.499. The molecule has 1 aliphatic rings. The summed E-state index contributed by atoms with van der Waals surface area (Å²) in [7, 11) is 1.58. The van der Waals surface area contributed by atoms with Gasteiger partial charge in [0.2, 0.25) is 5.91 Å². The fraction of sp³-hybridized carbons (Fsp3) is 0.417. The van der Waals surface area contributed by atoms with Gasteiger partial charge >= 0.3 is 5.69 Å². The van der Waals surface area contributed by atoms with Crippen molar-refractivity contribution in [2.45, 2.75) is 44.9 Å². The van der Waals surface area contributed by atoms with Crippen molar-refractivity contribution in [2.75, 3.05) is 13.1 Å². The third kappa shape index (κ3) is 4.49. The van der Waals surface area contributed by atoms with Crippen LogP contribution in [0, 0.1) is 12.7 Å². The number of halogens is 1. The lowest BCUT2D eigenvalue weighted by Gasteiger charge is -2.32. The van der Waals surface area contributed by atoms with Gasteiger partial charge in [0.25, 0.3) is 5.56 Å². The summed E-state index contributed by atoms with van der Waals surface area (Å²) in [5, 5.41) is 0.368. The molecule has 0 spiro atoms. The number of piperidine rings is 1. The summed E-state index contributed by atoms with van der Waals surface area (Å²) in [5.41, 5.74) is 1.71. The molecular weight excluding hydrogens is 411 g/mol. The molecule has 1 fully saturated rings. The summed E-state index contributed by atoms with van der Waals surface area (Å²) in [6.07, 6.45) is 3.50. The van der Waals surface area contributed by atoms with Crippen molar-refractivity contribution in [1.29, 1.82) is 0 Å². The Kier molecular flexibility index (Phi) is 6.21. The van der Waals surface area contributed by atoms with Crippen LogP contribution in [0.2, 0.25) is 0 Å². The van der Waals surface area contributed by atoms with E-state index < -0.39 is 11.2 Å². The average Bonchev–Trinajstić information content (AvgIpc) is 2.79. The van der Waals surface area contributed by atoms with Crippen LogP contribution in [0.1, 0.15) is 48.4 Å². The highest BCUT2D eigenvalue weighted by Crippen LogP contribution is 2.27. The number of carbonyl (C=O) groups excluding carboxylic acids is 1. The van der Waals surface area contributed by atoms with E-state index in [0.29, 0.717) is 48.9 Å². The maximum absolute atomic E-state index is 13.7. The van der Waals surface area contributed by atoms with Crippen LogP contribution in [-0.4, -0.2) is 38.4 Å². The second-order valence-corrected chi connectivity index (χ2v) is 8.54. The van der Waals surface area contributed by atoms with Gasteiger partial charge in [-0.25, -0.2) is 14.2 Å². The van der Waals surface area contributed by atoms with Crippen LogP contribution in [0.5, 0.6) is 0 Å². The zero-order valence-corrected chi connectivity index (χ0v) is 18.4. The Bertz CT molecular complexity index is 1280. The van der Waals surface area contributed by atoms with E-state index in [1.165, 1.54) is 4.57 Å². The number of nitrogens with one attached hydrogen (secondary N) is 1. The number of carbonyl (C=O) groups is 1. The molecule has 1 aliphatic heterocycles. The van der Waals surface area contributed by atoms with Gasteiger partial charge in [-0.2, -0.15) is 0 Å². The molecular formula is C24H27FN4O3. The van der Waals surface area contributed by atoms with Crippen molar-refractivity contribution in [3.63, 3.8) is 0 Å². The summed E-state index contributed by atoms with van der Waals surface area (Å²) in [5.74, 6) is -0.0697. The molecule has 1 saturated heterocycles. The quantitative estimate of drug-likeness (QED) is 0.664. The first-order valence-electron chi connectivity index (χ1n) is 11.0. The monoisotopic (exact) mass is 438 g/mol. The van der Waals surface area contributed by atoms with Crippen LogP contribution in [0.3, 0.4) is 0 Å². The molecule has 3 heterocycles.